The molecule has 0 amide bonds. The SMILES string of the molecule is COCOc1ccc(-c2ccc(C#CCNC(C)c3cc(Cl)ccc3O)cc2)cc1. The maximum atomic E-state index is 9.97. The van der Waals surface area contributed by atoms with Crippen molar-refractivity contribution in [3.63, 3.8) is 0 Å². The van der Waals surface area contributed by atoms with Gasteiger partial charge in [0.1, 0.15) is 11.5 Å². The van der Waals surface area contributed by atoms with Gasteiger partial charge in [-0.3, -0.25) is 5.32 Å². The molecule has 1 atom stereocenters. The zero-order chi connectivity index (χ0) is 21.3. The molecular formula is C25H24ClNO3. The molecule has 0 spiro atoms. The fourth-order valence-electron chi connectivity index (χ4n) is 2.95. The van der Waals surface area contributed by atoms with Crippen LogP contribution in [0.4, 0.5) is 0 Å². The Morgan fingerprint density at radius 2 is 1.67 bits per heavy atom. The predicted molar refractivity (Wildman–Crippen MR) is 121 cm³/mol. The number of nitrogens with one attached hydrogen (secondary N) is 1. The molecule has 0 fully saturated rings. The Hall–Kier alpha value is -2.97. The summed E-state index contributed by atoms with van der Waals surface area (Å²) in [6, 6.07) is 21.0. The Morgan fingerprint density at radius 3 is 2.33 bits per heavy atom. The highest BCUT2D eigenvalue weighted by Crippen LogP contribution is 2.27. The summed E-state index contributed by atoms with van der Waals surface area (Å²) in [5.41, 5.74) is 3.92. The first kappa shape index (κ1) is 21.7. The average Bonchev–Trinajstić information content (AvgIpc) is 2.77. The van der Waals surface area contributed by atoms with Gasteiger partial charge in [0.25, 0.3) is 0 Å². The summed E-state index contributed by atoms with van der Waals surface area (Å²) in [4.78, 5) is 0. The average molecular weight is 422 g/mol. The number of hydrogen-bond donors (Lipinski definition) is 2. The molecule has 0 aliphatic carbocycles. The number of hydrogen-bond acceptors (Lipinski definition) is 4. The predicted octanol–water partition coefficient (Wildman–Crippen LogP) is 5.40. The summed E-state index contributed by atoms with van der Waals surface area (Å²) in [5.74, 6) is 7.27. The van der Waals surface area contributed by atoms with Gasteiger partial charge in [-0.05, 0) is 60.5 Å². The quantitative estimate of drug-likeness (QED) is 0.396. The van der Waals surface area contributed by atoms with Crippen LogP contribution in [0, 0.1) is 11.8 Å². The minimum atomic E-state index is -0.0591. The molecule has 0 aliphatic heterocycles. The molecule has 0 saturated carbocycles. The second-order valence-corrected chi connectivity index (χ2v) is 7.20. The van der Waals surface area contributed by atoms with Gasteiger partial charge in [-0.2, -0.15) is 0 Å². The summed E-state index contributed by atoms with van der Waals surface area (Å²) in [6.07, 6.45) is 0. The van der Waals surface area contributed by atoms with Crippen molar-refractivity contribution in [1.82, 2.24) is 5.32 Å². The Morgan fingerprint density at radius 1 is 1.00 bits per heavy atom. The van der Waals surface area contributed by atoms with E-state index in [9.17, 15) is 5.11 Å². The molecule has 3 aromatic carbocycles. The van der Waals surface area contributed by atoms with Crippen molar-refractivity contribution in [3.8, 4) is 34.5 Å². The number of benzene rings is 3. The topological polar surface area (TPSA) is 50.7 Å². The second kappa shape index (κ2) is 10.7. The maximum absolute atomic E-state index is 9.97. The summed E-state index contributed by atoms with van der Waals surface area (Å²) >= 11 is 6.01. The largest absolute Gasteiger partial charge is 0.508 e. The monoisotopic (exact) mass is 421 g/mol. The highest BCUT2D eigenvalue weighted by molar-refractivity contribution is 6.30. The number of rotatable bonds is 7. The second-order valence-electron chi connectivity index (χ2n) is 6.76. The number of phenols is 1. The lowest BCUT2D eigenvalue weighted by Gasteiger charge is -2.14. The van der Waals surface area contributed by atoms with Crippen LogP contribution in [0.3, 0.4) is 0 Å². The molecule has 154 valence electrons. The first-order chi connectivity index (χ1) is 14.6. The lowest BCUT2D eigenvalue weighted by atomic mass is 10.0. The highest BCUT2D eigenvalue weighted by Gasteiger charge is 2.09. The summed E-state index contributed by atoms with van der Waals surface area (Å²) < 4.78 is 10.3. The third-order valence-corrected chi connectivity index (χ3v) is 4.84. The molecule has 0 saturated heterocycles. The molecule has 4 nitrogen and oxygen atoms in total. The van der Waals surface area contributed by atoms with Crippen molar-refractivity contribution >= 4 is 11.6 Å². The number of aromatic hydroxyl groups is 1. The lowest BCUT2D eigenvalue weighted by molar-refractivity contribution is 0.0511. The number of phenolic OH excluding ortho intramolecular Hbond substituents is 1. The van der Waals surface area contributed by atoms with Gasteiger partial charge >= 0.3 is 0 Å². The lowest BCUT2D eigenvalue weighted by Crippen LogP contribution is -2.18. The molecule has 5 heteroatoms. The summed E-state index contributed by atoms with van der Waals surface area (Å²) in [7, 11) is 1.60. The van der Waals surface area contributed by atoms with Crippen molar-refractivity contribution in [2.24, 2.45) is 0 Å². The fourth-order valence-corrected chi connectivity index (χ4v) is 3.13. The molecule has 0 aromatic heterocycles. The highest BCUT2D eigenvalue weighted by atomic mass is 35.5. The van der Waals surface area contributed by atoms with Crippen LogP contribution in [0.1, 0.15) is 24.1 Å². The van der Waals surface area contributed by atoms with E-state index in [0.717, 1.165) is 28.0 Å². The molecule has 0 radical (unpaired) electrons. The van der Waals surface area contributed by atoms with Crippen molar-refractivity contribution in [3.05, 3.63) is 82.9 Å². The van der Waals surface area contributed by atoms with Crippen molar-refractivity contribution in [2.75, 3.05) is 20.4 Å². The Kier molecular flexibility index (Phi) is 7.75. The van der Waals surface area contributed by atoms with Gasteiger partial charge in [-0.25, -0.2) is 0 Å². The first-order valence-corrected chi connectivity index (χ1v) is 9.97. The number of halogens is 1. The van der Waals surface area contributed by atoms with Crippen LogP contribution in [-0.2, 0) is 4.74 Å². The van der Waals surface area contributed by atoms with Crippen molar-refractivity contribution in [1.29, 1.82) is 0 Å². The number of ether oxygens (including phenoxy) is 2. The third-order valence-electron chi connectivity index (χ3n) is 4.60. The van der Waals surface area contributed by atoms with Gasteiger partial charge < -0.3 is 14.6 Å². The van der Waals surface area contributed by atoms with Crippen molar-refractivity contribution in [2.45, 2.75) is 13.0 Å². The van der Waals surface area contributed by atoms with E-state index in [0.29, 0.717) is 11.6 Å². The van der Waals surface area contributed by atoms with Gasteiger partial charge in [-0.1, -0.05) is 47.7 Å². The van der Waals surface area contributed by atoms with Gasteiger partial charge in [-0.15, -0.1) is 0 Å². The molecule has 30 heavy (non-hydrogen) atoms. The number of methoxy groups -OCH3 is 1. The van der Waals surface area contributed by atoms with Crippen LogP contribution in [0.15, 0.2) is 66.7 Å². The smallest absolute Gasteiger partial charge is 0.188 e. The van der Waals surface area contributed by atoms with Crippen LogP contribution in [0.25, 0.3) is 11.1 Å². The van der Waals surface area contributed by atoms with Gasteiger partial charge in [0.2, 0.25) is 0 Å². The van der Waals surface area contributed by atoms with E-state index >= 15 is 0 Å². The van der Waals surface area contributed by atoms with E-state index in [4.69, 9.17) is 21.1 Å². The molecule has 2 N–H and O–H groups in total. The maximum Gasteiger partial charge on any atom is 0.188 e. The summed E-state index contributed by atoms with van der Waals surface area (Å²) in [6.45, 7) is 2.70. The molecule has 1 unspecified atom stereocenters. The third kappa shape index (κ3) is 6.01. The van der Waals surface area contributed by atoms with Crippen LogP contribution in [-0.4, -0.2) is 25.6 Å². The molecule has 0 aliphatic rings. The first-order valence-electron chi connectivity index (χ1n) is 9.59. The van der Waals surface area contributed by atoms with Crippen LogP contribution < -0.4 is 10.1 Å². The van der Waals surface area contributed by atoms with E-state index in [1.807, 2.05) is 43.3 Å². The zero-order valence-electron chi connectivity index (χ0n) is 17.0. The van der Waals surface area contributed by atoms with Crippen LogP contribution in [0.2, 0.25) is 5.02 Å². The minimum absolute atomic E-state index is 0.0591. The van der Waals surface area contributed by atoms with E-state index < -0.39 is 0 Å². The summed E-state index contributed by atoms with van der Waals surface area (Å²) in [5, 5.41) is 13.8. The van der Waals surface area contributed by atoms with Crippen LogP contribution >= 0.6 is 11.6 Å². The van der Waals surface area contributed by atoms with E-state index in [2.05, 4.69) is 29.3 Å². The van der Waals surface area contributed by atoms with Gasteiger partial charge in [0.15, 0.2) is 6.79 Å². The normalized spacial score (nSPS) is 11.4. The van der Waals surface area contributed by atoms with E-state index in [1.165, 1.54) is 0 Å². The fraction of sp³-hybridized carbons (Fsp3) is 0.200. The van der Waals surface area contributed by atoms with Gasteiger partial charge in [0, 0.05) is 29.3 Å². The zero-order valence-corrected chi connectivity index (χ0v) is 17.7. The molecule has 0 heterocycles. The minimum Gasteiger partial charge on any atom is -0.508 e. The van der Waals surface area contributed by atoms with Crippen LogP contribution in [0.5, 0.6) is 11.5 Å². The van der Waals surface area contributed by atoms with Gasteiger partial charge in [0.05, 0.1) is 6.54 Å². The Balaban J connectivity index is 1.56. The molecule has 3 rings (SSSR count). The molecular weight excluding hydrogens is 398 g/mol. The van der Waals surface area contributed by atoms with E-state index in [-0.39, 0.29) is 18.6 Å². The standard InChI is InChI=1S/C25H24ClNO3/c1-18(24-16-22(26)11-14-25(24)28)27-15-3-4-19-5-7-20(8-6-19)21-9-12-23(13-10-21)30-17-29-2/h5-14,16,18,27-28H,15,17H2,1-2H3. The molecule has 0 bridgehead atoms. The Bertz CT molecular complexity index is 1020. The van der Waals surface area contributed by atoms with Crippen molar-refractivity contribution < 1.29 is 14.6 Å². The molecule has 3 aromatic rings. The Labute approximate surface area is 182 Å². The van der Waals surface area contributed by atoms with E-state index in [1.54, 1.807) is 25.3 Å².